The van der Waals surface area contributed by atoms with Crippen molar-refractivity contribution in [3.05, 3.63) is 23.8 Å². The van der Waals surface area contributed by atoms with Gasteiger partial charge in [0.25, 0.3) is 0 Å². The lowest BCUT2D eigenvalue weighted by Crippen LogP contribution is -2.29. The highest BCUT2D eigenvalue weighted by atomic mass is 16.5. The number of hydrogen-bond acceptors (Lipinski definition) is 5. The van der Waals surface area contributed by atoms with Crippen LogP contribution in [0.1, 0.15) is 24.9 Å². The lowest BCUT2D eigenvalue weighted by Gasteiger charge is -2.22. The summed E-state index contributed by atoms with van der Waals surface area (Å²) in [7, 11) is 4.51. The van der Waals surface area contributed by atoms with Crippen molar-refractivity contribution in [2.75, 3.05) is 21.3 Å². The molecular formula is C14H21NO4. The third-order valence-corrected chi connectivity index (χ3v) is 3.17. The lowest BCUT2D eigenvalue weighted by atomic mass is 9.91. The molecule has 0 amide bonds. The molecule has 1 rings (SSSR count). The van der Waals surface area contributed by atoms with Gasteiger partial charge in [0, 0.05) is 11.6 Å². The van der Waals surface area contributed by atoms with Crippen LogP contribution < -0.4 is 15.2 Å². The van der Waals surface area contributed by atoms with Gasteiger partial charge in [0.15, 0.2) is 0 Å². The second-order valence-corrected chi connectivity index (χ2v) is 4.17. The predicted octanol–water partition coefficient (Wildman–Crippen LogP) is 1.90. The SMILES string of the molecule is CCC(C(=O)OC)C(N)c1cc(OC)ccc1OC. The molecular weight excluding hydrogens is 246 g/mol. The average molecular weight is 267 g/mol. The van der Waals surface area contributed by atoms with Gasteiger partial charge in [-0.1, -0.05) is 6.92 Å². The predicted molar refractivity (Wildman–Crippen MR) is 72.3 cm³/mol. The standard InChI is InChI=1S/C14H21NO4/c1-5-10(14(16)19-4)13(15)11-8-9(17-2)6-7-12(11)18-3/h6-8,10,13H,5,15H2,1-4H3. The van der Waals surface area contributed by atoms with E-state index in [1.54, 1.807) is 32.4 Å². The molecule has 0 aromatic heterocycles. The Hall–Kier alpha value is -1.75. The van der Waals surface area contributed by atoms with Crippen LogP contribution in [0, 0.1) is 5.92 Å². The van der Waals surface area contributed by atoms with Crippen molar-refractivity contribution >= 4 is 5.97 Å². The number of carbonyl (C=O) groups excluding carboxylic acids is 1. The first-order valence-corrected chi connectivity index (χ1v) is 6.14. The Bertz CT molecular complexity index is 433. The van der Waals surface area contributed by atoms with E-state index < -0.39 is 12.0 Å². The molecule has 19 heavy (non-hydrogen) atoms. The zero-order valence-electron chi connectivity index (χ0n) is 11.8. The van der Waals surface area contributed by atoms with Gasteiger partial charge in [-0.2, -0.15) is 0 Å². The summed E-state index contributed by atoms with van der Waals surface area (Å²) in [4.78, 5) is 11.7. The van der Waals surface area contributed by atoms with Gasteiger partial charge in [-0.15, -0.1) is 0 Å². The lowest BCUT2D eigenvalue weighted by molar-refractivity contribution is -0.146. The smallest absolute Gasteiger partial charge is 0.310 e. The van der Waals surface area contributed by atoms with Crippen LogP contribution >= 0.6 is 0 Å². The zero-order valence-corrected chi connectivity index (χ0v) is 11.8. The normalized spacial score (nSPS) is 13.5. The van der Waals surface area contributed by atoms with Gasteiger partial charge in [-0.3, -0.25) is 4.79 Å². The molecule has 5 nitrogen and oxygen atoms in total. The van der Waals surface area contributed by atoms with Crippen LogP contribution in [-0.2, 0) is 9.53 Å². The number of nitrogens with two attached hydrogens (primary N) is 1. The Morgan fingerprint density at radius 1 is 1.26 bits per heavy atom. The topological polar surface area (TPSA) is 70.8 Å². The van der Waals surface area contributed by atoms with Crippen molar-refractivity contribution in [2.24, 2.45) is 11.7 Å². The van der Waals surface area contributed by atoms with E-state index in [0.717, 1.165) is 5.56 Å². The Kier molecular flexibility index (Phi) is 5.63. The minimum Gasteiger partial charge on any atom is -0.497 e. The first-order chi connectivity index (χ1) is 9.08. The van der Waals surface area contributed by atoms with Crippen molar-refractivity contribution < 1.29 is 19.0 Å². The Balaban J connectivity index is 3.14. The van der Waals surface area contributed by atoms with E-state index in [9.17, 15) is 4.79 Å². The molecule has 5 heteroatoms. The van der Waals surface area contributed by atoms with Crippen molar-refractivity contribution in [2.45, 2.75) is 19.4 Å². The monoisotopic (exact) mass is 267 g/mol. The quantitative estimate of drug-likeness (QED) is 0.797. The molecule has 0 radical (unpaired) electrons. The second kappa shape index (κ2) is 6.99. The van der Waals surface area contributed by atoms with E-state index in [1.165, 1.54) is 7.11 Å². The van der Waals surface area contributed by atoms with Crippen LogP contribution in [0.25, 0.3) is 0 Å². The van der Waals surface area contributed by atoms with Crippen LogP contribution in [0.2, 0.25) is 0 Å². The van der Waals surface area contributed by atoms with Crippen LogP contribution in [0.4, 0.5) is 0 Å². The van der Waals surface area contributed by atoms with E-state index in [-0.39, 0.29) is 5.97 Å². The van der Waals surface area contributed by atoms with Gasteiger partial charge < -0.3 is 19.9 Å². The fourth-order valence-electron chi connectivity index (χ4n) is 2.04. The Morgan fingerprint density at radius 3 is 2.42 bits per heavy atom. The molecule has 0 bridgehead atoms. The molecule has 2 N–H and O–H groups in total. The number of carbonyl (C=O) groups is 1. The number of benzene rings is 1. The summed E-state index contributed by atoms with van der Waals surface area (Å²) in [5.74, 6) is 0.576. The highest BCUT2D eigenvalue weighted by Crippen LogP contribution is 2.33. The molecule has 2 atom stereocenters. The number of esters is 1. The maximum absolute atomic E-state index is 11.7. The molecule has 0 spiro atoms. The molecule has 0 aliphatic carbocycles. The van der Waals surface area contributed by atoms with Gasteiger partial charge in [-0.05, 0) is 24.6 Å². The van der Waals surface area contributed by atoms with Crippen LogP contribution in [0.15, 0.2) is 18.2 Å². The first kappa shape index (κ1) is 15.3. The van der Waals surface area contributed by atoms with Crippen molar-refractivity contribution in [3.8, 4) is 11.5 Å². The molecule has 0 saturated heterocycles. The summed E-state index contributed by atoms with van der Waals surface area (Å²) in [6, 6.07) is 4.85. The van der Waals surface area contributed by atoms with E-state index in [1.807, 2.05) is 6.92 Å². The first-order valence-electron chi connectivity index (χ1n) is 6.14. The summed E-state index contributed by atoms with van der Waals surface area (Å²) in [5.41, 5.74) is 6.93. The molecule has 0 aliphatic rings. The van der Waals surface area contributed by atoms with E-state index in [0.29, 0.717) is 17.9 Å². The van der Waals surface area contributed by atoms with Gasteiger partial charge in [0.1, 0.15) is 11.5 Å². The van der Waals surface area contributed by atoms with E-state index in [2.05, 4.69) is 0 Å². The molecule has 2 unspecified atom stereocenters. The molecule has 0 heterocycles. The van der Waals surface area contributed by atoms with Gasteiger partial charge in [0.2, 0.25) is 0 Å². The second-order valence-electron chi connectivity index (χ2n) is 4.17. The summed E-state index contributed by atoms with van der Waals surface area (Å²) in [6.07, 6.45) is 0.591. The minimum atomic E-state index is -0.498. The highest BCUT2D eigenvalue weighted by molar-refractivity contribution is 5.73. The Morgan fingerprint density at radius 2 is 1.95 bits per heavy atom. The molecule has 0 saturated carbocycles. The summed E-state index contributed by atoms with van der Waals surface area (Å²) in [6.45, 7) is 1.90. The van der Waals surface area contributed by atoms with Crippen LogP contribution in [0.3, 0.4) is 0 Å². The van der Waals surface area contributed by atoms with Gasteiger partial charge >= 0.3 is 5.97 Å². The van der Waals surface area contributed by atoms with Gasteiger partial charge in [-0.25, -0.2) is 0 Å². The summed E-state index contributed by atoms with van der Waals surface area (Å²) >= 11 is 0. The fraction of sp³-hybridized carbons (Fsp3) is 0.500. The van der Waals surface area contributed by atoms with Crippen LogP contribution in [0.5, 0.6) is 11.5 Å². The van der Waals surface area contributed by atoms with E-state index in [4.69, 9.17) is 19.9 Å². The van der Waals surface area contributed by atoms with Crippen molar-refractivity contribution in [1.82, 2.24) is 0 Å². The Labute approximate surface area is 113 Å². The van der Waals surface area contributed by atoms with E-state index >= 15 is 0 Å². The molecule has 106 valence electrons. The fourth-order valence-corrected chi connectivity index (χ4v) is 2.04. The average Bonchev–Trinajstić information content (AvgIpc) is 2.46. The highest BCUT2D eigenvalue weighted by Gasteiger charge is 2.28. The number of ether oxygens (including phenoxy) is 3. The van der Waals surface area contributed by atoms with Crippen molar-refractivity contribution in [1.29, 1.82) is 0 Å². The zero-order chi connectivity index (χ0) is 14.4. The maximum Gasteiger partial charge on any atom is 0.310 e. The molecule has 0 aliphatic heterocycles. The number of methoxy groups -OCH3 is 3. The summed E-state index contributed by atoms with van der Waals surface area (Å²) < 4.78 is 15.2. The maximum atomic E-state index is 11.7. The number of hydrogen-bond donors (Lipinski definition) is 1. The van der Waals surface area contributed by atoms with Crippen LogP contribution in [-0.4, -0.2) is 27.3 Å². The third-order valence-electron chi connectivity index (χ3n) is 3.17. The minimum absolute atomic E-state index is 0.320. The molecule has 1 aromatic rings. The molecule has 1 aromatic carbocycles. The van der Waals surface area contributed by atoms with Gasteiger partial charge in [0.05, 0.1) is 27.2 Å². The third kappa shape index (κ3) is 3.38. The largest absolute Gasteiger partial charge is 0.497 e. The summed E-state index contributed by atoms with van der Waals surface area (Å²) in [5, 5.41) is 0. The molecule has 0 fully saturated rings. The van der Waals surface area contributed by atoms with Crippen molar-refractivity contribution in [3.63, 3.8) is 0 Å². The number of rotatable bonds is 6.